The third kappa shape index (κ3) is 4.92. The fourth-order valence-corrected chi connectivity index (χ4v) is 2.68. The first-order chi connectivity index (χ1) is 9.49. The number of aryl methyl sites for hydroxylation is 3. The summed E-state index contributed by atoms with van der Waals surface area (Å²) in [7, 11) is 0. The molecule has 0 amide bonds. The van der Waals surface area contributed by atoms with Crippen molar-refractivity contribution in [1.29, 1.82) is 0 Å². The minimum atomic E-state index is 0.296. The van der Waals surface area contributed by atoms with Gasteiger partial charge in [-0.15, -0.1) is 0 Å². The van der Waals surface area contributed by atoms with E-state index in [4.69, 9.17) is 4.74 Å². The molecule has 0 fully saturated rings. The molecule has 1 aromatic carbocycles. The van der Waals surface area contributed by atoms with Crippen molar-refractivity contribution in [3.05, 3.63) is 34.4 Å². The summed E-state index contributed by atoms with van der Waals surface area (Å²) in [5.41, 5.74) is 5.47. The van der Waals surface area contributed by atoms with E-state index in [2.05, 4.69) is 59.0 Å². The van der Waals surface area contributed by atoms with Gasteiger partial charge in [-0.25, -0.2) is 0 Å². The number of nitrogens with one attached hydrogen (secondary N) is 1. The van der Waals surface area contributed by atoms with Crippen molar-refractivity contribution in [3.63, 3.8) is 0 Å². The maximum Gasteiger partial charge on any atom is 0.0665 e. The molecule has 0 saturated carbocycles. The van der Waals surface area contributed by atoms with E-state index in [1.165, 1.54) is 22.3 Å². The first-order valence-corrected chi connectivity index (χ1v) is 7.92. The molecule has 2 nitrogen and oxygen atoms in total. The number of hydrogen-bond acceptors (Lipinski definition) is 2. The number of ether oxygens (including phenoxy) is 1. The molecule has 0 spiro atoms. The first kappa shape index (κ1) is 17.2. The average Bonchev–Trinajstić information content (AvgIpc) is 2.39. The second-order valence-corrected chi connectivity index (χ2v) is 5.87. The monoisotopic (exact) mass is 277 g/mol. The van der Waals surface area contributed by atoms with Crippen molar-refractivity contribution >= 4 is 0 Å². The molecule has 2 heteroatoms. The molecule has 1 N–H and O–H groups in total. The Balaban J connectivity index is 2.92. The standard InChI is InChI=1S/C18H31NO/c1-7-9-19-17(12-20-16(6)8-2)18-14(4)10-13(3)11-15(18)5/h10-11,16-17,19H,7-9,12H2,1-6H3. The van der Waals surface area contributed by atoms with E-state index in [0.29, 0.717) is 12.1 Å². The molecule has 1 aromatic rings. The zero-order valence-electron chi connectivity index (χ0n) is 14.0. The van der Waals surface area contributed by atoms with Crippen molar-refractivity contribution in [2.75, 3.05) is 13.2 Å². The predicted octanol–water partition coefficient (Wildman–Crippen LogP) is 4.47. The summed E-state index contributed by atoms with van der Waals surface area (Å²) < 4.78 is 5.98. The minimum absolute atomic E-state index is 0.296. The molecule has 0 heterocycles. The van der Waals surface area contributed by atoms with Gasteiger partial charge in [-0.2, -0.15) is 0 Å². The van der Waals surface area contributed by atoms with Crippen molar-refractivity contribution in [3.8, 4) is 0 Å². The Hall–Kier alpha value is -0.860. The molecule has 0 aliphatic heterocycles. The summed E-state index contributed by atoms with van der Waals surface area (Å²) in [4.78, 5) is 0. The highest BCUT2D eigenvalue weighted by atomic mass is 16.5. The first-order valence-electron chi connectivity index (χ1n) is 7.92. The van der Waals surface area contributed by atoms with E-state index in [1.54, 1.807) is 0 Å². The second-order valence-electron chi connectivity index (χ2n) is 5.87. The van der Waals surface area contributed by atoms with Crippen LogP contribution in [0.15, 0.2) is 12.1 Å². The molecule has 0 aliphatic rings. The average molecular weight is 277 g/mol. The van der Waals surface area contributed by atoms with Crippen LogP contribution in [0.3, 0.4) is 0 Å². The van der Waals surface area contributed by atoms with Crippen molar-refractivity contribution in [1.82, 2.24) is 5.32 Å². The Morgan fingerprint density at radius 3 is 2.20 bits per heavy atom. The van der Waals surface area contributed by atoms with Gasteiger partial charge in [-0.05, 0) is 63.8 Å². The molecule has 114 valence electrons. The Morgan fingerprint density at radius 2 is 1.70 bits per heavy atom. The Kier molecular flexibility index (Phi) is 7.25. The summed E-state index contributed by atoms with van der Waals surface area (Å²) >= 11 is 0. The lowest BCUT2D eigenvalue weighted by molar-refractivity contribution is 0.0472. The van der Waals surface area contributed by atoms with E-state index >= 15 is 0 Å². The largest absolute Gasteiger partial charge is 0.377 e. The molecular weight excluding hydrogens is 246 g/mol. The van der Waals surface area contributed by atoms with Crippen LogP contribution >= 0.6 is 0 Å². The predicted molar refractivity (Wildman–Crippen MR) is 87.4 cm³/mol. The lowest BCUT2D eigenvalue weighted by Crippen LogP contribution is -2.29. The molecule has 0 saturated heterocycles. The van der Waals surface area contributed by atoms with E-state index < -0.39 is 0 Å². The SMILES string of the molecule is CCCNC(COC(C)CC)c1c(C)cc(C)cc1C. The fraction of sp³-hybridized carbons (Fsp3) is 0.667. The summed E-state index contributed by atoms with van der Waals surface area (Å²) in [6, 6.07) is 4.84. The van der Waals surface area contributed by atoms with Gasteiger partial charge in [0.1, 0.15) is 0 Å². The third-order valence-corrected chi connectivity index (χ3v) is 3.85. The molecule has 2 unspecified atom stereocenters. The zero-order valence-corrected chi connectivity index (χ0v) is 14.0. The van der Waals surface area contributed by atoms with Gasteiger partial charge in [0.15, 0.2) is 0 Å². The number of benzene rings is 1. The molecule has 2 atom stereocenters. The third-order valence-electron chi connectivity index (χ3n) is 3.85. The molecule has 0 bridgehead atoms. The van der Waals surface area contributed by atoms with Gasteiger partial charge in [0, 0.05) is 0 Å². The fourth-order valence-electron chi connectivity index (χ4n) is 2.68. The van der Waals surface area contributed by atoms with Gasteiger partial charge in [-0.3, -0.25) is 0 Å². The molecule has 0 aliphatic carbocycles. The van der Waals surface area contributed by atoms with Gasteiger partial charge in [0.2, 0.25) is 0 Å². The van der Waals surface area contributed by atoms with Crippen LogP contribution in [0.2, 0.25) is 0 Å². The second kappa shape index (κ2) is 8.43. The highest BCUT2D eigenvalue weighted by molar-refractivity contribution is 5.39. The zero-order chi connectivity index (χ0) is 15.1. The van der Waals surface area contributed by atoms with Crippen LogP contribution in [-0.2, 0) is 4.74 Å². The topological polar surface area (TPSA) is 21.3 Å². The minimum Gasteiger partial charge on any atom is -0.377 e. The van der Waals surface area contributed by atoms with Crippen LogP contribution in [0.1, 0.15) is 61.9 Å². The Bertz CT molecular complexity index is 391. The van der Waals surface area contributed by atoms with Crippen molar-refractivity contribution in [2.24, 2.45) is 0 Å². The van der Waals surface area contributed by atoms with Crippen LogP contribution in [0.4, 0.5) is 0 Å². The van der Waals surface area contributed by atoms with Crippen molar-refractivity contribution < 1.29 is 4.74 Å². The van der Waals surface area contributed by atoms with Crippen molar-refractivity contribution in [2.45, 2.75) is 66.5 Å². The summed E-state index contributed by atoms with van der Waals surface area (Å²) in [5, 5.41) is 3.64. The van der Waals surface area contributed by atoms with Gasteiger partial charge in [-0.1, -0.05) is 31.5 Å². The van der Waals surface area contributed by atoms with Crippen LogP contribution in [0.5, 0.6) is 0 Å². The smallest absolute Gasteiger partial charge is 0.0665 e. The number of hydrogen-bond donors (Lipinski definition) is 1. The molecular formula is C18H31NO. The lowest BCUT2D eigenvalue weighted by atomic mass is 9.94. The van der Waals surface area contributed by atoms with Crippen LogP contribution in [0, 0.1) is 20.8 Å². The summed E-state index contributed by atoms with van der Waals surface area (Å²) in [6.07, 6.45) is 2.53. The molecule has 1 rings (SSSR count). The summed E-state index contributed by atoms with van der Waals surface area (Å²) in [5.74, 6) is 0. The van der Waals surface area contributed by atoms with Crippen LogP contribution < -0.4 is 5.32 Å². The molecule has 0 aromatic heterocycles. The molecule has 20 heavy (non-hydrogen) atoms. The quantitative estimate of drug-likeness (QED) is 0.757. The summed E-state index contributed by atoms with van der Waals surface area (Å²) in [6.45, 7) is 14.9. The van der Waals surface area contributed by atoms with E-state index in [9.17, 15) is 0 Å². The van der Waals surface area contributed by atoms with E-state index in [0.717, 1.165) is 26.0 Å². The maximum atomic E-state index is 5.98. The van der Waals surface area contributed by atoms with Gasteiger partial charge in [0.25, 0.3) is 0 Å². The highest BCUT2D eigenvalue weighted by Gasteiger charge is 2.17. The maximum absolute atomic E-state index is 5.98. The number of rotatable bonds is 8. The Morgan fingerprint density at radius 1 is 1.10 bits per heavy atom. The lowest BCUT2D eigenvalue weighted by Gasteiger charge is -2.25. The highest BCUT2D eigenvalue weighted by Crippen LogP contribution is 2.24. The Labute approximate surface area is 124 Å². The van der Waals surface area contributed by atoms with Gasteiger partial charge in [0.05, 0.1) is 18.8 Å². The van der Waals surface area contributed by atoms with Crippen LogP contribution in [-0.4, -0.2) is 19.3 Å². The van der Waals surface area contributed by atoms with Gasteiger partial charge < -0.3 is 10.1 Å². The van der Waals surface area contributed by atoms with E-state index in [1.807, 2.05) is 0 Å². The molecule has 0 radical (unpaired) electrons. The van der Waals surface area contributed by atoms with Crippen LogP contribution in [0.25, 0.3) is 0 Å². The van der Waals surface area contributed by atoms with E-state index in [-0.39, 0.29) is 0 Å². The van der Waals surface area contributed by atoms with Gasteiger partial charge >= 0.3 is 0 Å². The normalized spacial score (nSPS) is 14.3.